The van der Waals surface area contributed by atoms with Gasteiger partial charge < -0.3 is 29.9 Å². The predicted molar refractivity (Wildman–Crippen MR) is 239 cm³/mol. The van der Waals surface area contributed by atoms with Gasteiger partial charge in [-0.2, -0.15) is 0 Å². The van der Waals surface area contributed by atoms with Gasteiger partial charge in [-0.15, -0.1) is 5.92 Å². The van der Waals surface area contributed by atoms with Crippen molar-refractivity contribution in [2.45, 2.75) is 174 Å². The minimum Gasteiger partial charge on any atom is -0.491 e. The number of aliphatic carboxylic acids is 1. The monoisotopic (exact) mass is 851 g/mol. The highest BCUT2D eigenvalue weighted by atomic mass is 16.5. The van der Waals surface area contributed by atoms with Gasteiger partial charge in [0.05, 0.1) is 24.9 Å². The fraction of sp³-hybridized carbons (Fsp3) is 0.741. The van der Waals surface area contributed by atoms with Crippen LogP contribution in [0.4, 0.5) is 0 Å². The summed E-state index contributed by atoms with van der Waals surface area (Å²) >= 11 is 0. The second-order valence-corrected chi connectivity index (χ2v) is 22.4. The molecule has 0 spiro atoms. The molecule has 8 aliphatic rings. The van der Waals surface area contributed by atoms with E-state index in [1.807, 2.05) is 13.0 Å². The van der Waals surface area contributed by atoms with E-state index < -0.39 is 23.8 Å². The number of fused-ring (bicyclic) bond motifs is 9. The van der Waals surface area contributed by atoms with E-state index in [1.54, 1.807) is 0 Å². The van der Waals surface area contributed by atoms with Crippen molar-refractivity contribution in [2.75, 3.05) is 13.2 Å². The standard InChI is InChI=1S/C54H74O8/c1-7-20-54(60)22-19-42-39-12-9-34-26-36(55)11-13-38(34)49(39)40(30-52(42,54)5)33-10-16-46(32(3)25-33)62-24-23-61-37-18-21-51(4)35(27-37)28-45(56)50-43-15-14-41(31(2)8-17-48(58)59)53(43,6)47(57)29-44(50)51/h10,16,25-26,31,35,37,39-45,47,50,56-57,60H,8-9,11-15,17-19,21-24,27-30H2,1-6H3,(H,58,59)/t31-,35?,37+,39+,40-,41-,42+,43+,44+,45-,47+,50+,51+,52+,53-,54+/m1/s1. The molecule has 6 saturated carbocycles. The van der Waals surface area contributed by atoms with E-state index in [-0.39, 0.29) is 70.1 Å². The number of aliphatic hydroxyl groups is 3. The summed E-state index contributed by atoms with van der Waals surface area (Å²) in [5.74, 6) is 9.15. The quantitative estimate of drug-likeness (QED) is 0.135. The van der Waals surface area contributed by atoms with Crippen LogP contribution in [0.3, 0.4) is 0 Å². The van der Waals surface area contributed by atoms with Crippen molar-refractivity contribution >= 4 is 11.8 Å². The summed E-state index contributed by atoms with van der Waals surface area (Å²) in [5, 5.41) is 45.3. The number of carboxylic acid groups (broad SMARTS) is 1. The molecule has 16 atom stereocenters. The molecule has 4 N–H and O–H groups in total. The zero-order valence-corrected chi connectivity index (χ0v) is 38.4. The van der Waals surface area contributed by atoms with Gasteiger partial charge >= 0.3 is 5.97 Å². The van der Waals surface area contributed by atoms with Crippen LogP contribution < -0.4 is 4.74 Å². The van der Waals surface area contributed by atoms with E-state index in [9.17, 15) is 30.0 Å². The molecule has 9 rings (SSSR count). The molecule has 8 aliphatic carbocycles. The Bertz CT molecular complexity index is 2060. The van der Waals surface area contributed by atoms with E-state index in [0.29, 0.717) is 50.2 Å². The average Bonchev–Trinajstić information content (AvgIpc) is 3.72. The van der Waals surface area contributed by atoms with E-state index in [4.69, 9.17) is 9.47 Å². The summed E-state index contributed by atoms with van der Waals surface area (Å²) in [7, 11) is 0. The number of benzene rings is 1. The first-order valence-electron chi connectivity index (χ1n) is 24.6. The number of carboxylic acids is 1. The summed E-state index contributed by atoms with van der Waals surface area (Å²) in [5.41, 5.74) is 4.95. The highest BCUT2D eigenvalue weighted by Crippen LogP contribution is 2.69. The average molecular weight is 851 g/mol. The summed E-state index contributed by atoms with van der Waals surface area (Å²) in [4.78, 5) is 23.9. The molecule has 0 saturated heterocycles. The van der Waals surface area contributed by atoms with Gasteiger partial charge in [0.1, 0.15) is 18.0 Å². The van der Waals surface area contributed by atoms with Gasteiger partial charge in [-0.1, -0.05) is 51.3 Å². The normalized spacial score (nSPS) is 43.7. The second-order valence-electron chi connectivity index (χ2n) is 22.4. The Hall–Kier alpha value is -2.96. The predicted octanol–water partition coefficient (Wildman–Crippen LogP) is 9.51. The largest absolute Gasteiger partial charge is 0.491 e. The van der Waals surface area contributed by atoms with Gasteiger partial charge in [-0.25, -0.2) is 0 Å². The summed E-state index contributed by atoms with van der Waals surface area (Å²) in [6.45, 7) is 14.1. The first-order valence-corrected chi connectivity index (χ1v) is 24.6. The molecule has 0 amide bonds. The molecule has 8 heteroatoms. The van der Waals surface area contributed by atoms with Crippen LogP contribution in [0, 0.1) is 82.4 Å². The number of ketones is 1. The molecular weight excluding hydrogens is 777 g/mol. The Labute approximate surface area is 370 Å². The first kappa shape index (κ1) is 44.3. The highest BCUT2D eigenvalue weighted by molar-refractivity contribution is 5.93. The van der Waals surface area contributed by atoms with Crippen LogP contribution in [-0.2, 0) is 14.3 Å². The topological polar surface area (TPSA) is 134 Å². The van der Waals surface area contributed by atoms with Crippen LogP contribution in [0.25, 0.3) is 0 Å². The third-order valence-electron chi connectivity index (χ3n) is 19.8. The first-order chi connectivity index (χ1) is 29.5. The Kier molecular flexibility index (Phi) is 11.8. The van der Waals surface area contributed by atoms with Gasteiger partial charge in [0.2, 0.25) is 0 Å². The zero-order valence-electron chi connectivity index (χ0n) is 38.4. The van der Waals surface area contributed by atoms with Crippen molar-refractivity contribution in [3.8, 4) is 17.6 Å². The Morgan fingerprint density at radius 1 is 0.952 bits per heavy atom. The van der Waals surface area contributed by atoms with Crippen LogP contribution in [0.2, 0.25) is 0 Å². The molecule has 6 fully saturated rings. The lowest BCUT2D eigenvalue weighted by Gasteiger charge is -2.63. The molecule has 1 aromatic rings. The number of rotatable bonds is 10. The van der Waals surface area contributed by atoms with E-state index in [1.165, 1.54) is 22.3 Å². The molecule has 8 nitrogen and oxygen atoms in total. The van der Waals surface area contributed by atoms with Crippen molar-refractivity contribution in [1.29, 1.82) is 0 Å². The maximum absolute atomic E-state index is 12.5. The number of allylic oxidation sites excluding steroid dienone is 4. The van der Waals surface area contributed by atoms with Crippen molar-refractivity contribution in [2.24, 2.45) is 63.6 Å². The lowest BCUT2D eigenvalue weighted by Crippen LogP contribution is -2.62. The number of carbonyl (C=O) groups is 2. The number of hydrogen-bond donors (Lipinski definition) is 4. The smallest absolute Gasteiger partial charge is 0.303 e. The third-order valence-corrected chi connectivity index (χ3v) is 19.8. The summed E-state index contributed by atoms with van der Waals surface area (Å²) in [6.07, 6.45) is 14.3. The van der Waals surface area contributed by atoms with E-state index in [0.717, 1.165) is 88.4 Å². The van der Waals surface area contributed by atoms with Crippen molar-refractivity contribution < 1.29 is 39.5 Å². The molecule has 1 aromatic carbocycles. The fourth-order valence-electron chi connectivity index (χ4n) is 16.6. The van der Waals surface area contributed by atoms with Crippen LogP contribution in [0.15, 0.2) is 41.0 Å². The minimum absolute atomic E-state index is 0.0473. The Balaban J connectivity index is 0.842. The Morgan fingerprint density at radius 2 is 1.76 bits per heavy atom. The molecule has 0 aromatic heterocycles. The molecule has 0 radical (unpaired) electrons. The molecule has 1 unspecified atom stereocenters. The maximum Gasteiger partial charge on any atom is 0.303 e. The van der Waals surface area contributed by atoms with Crippen LogP contribution in [-0.4, -0.2) is 69.3 Å². The lowest BCUT2D eigenvalue weighted by atomic mass is 9.43. The second kappa shape index (κ2) is 16.5. The van der Waals surface area contributed by atoms with Gasteiger partial charge in [-0.3, -0.25) is 9.59 Å². The number of carbonyl (C=O) groups excluding carboxylic acids is 1. The number of aryl methyl sites for hydroxylation is 1. The molecule has 0 aliphatic heterocycles. The molecule has 62 heavy (non-hydrogen) atoms. The lowest BCUT2D eigenvalue weighted by molar-refractivity contribution is -0.209. The van der Waals surface area contributed by atoms with Gasteiger partial charge in [0, 0.05) is 24.2 Å². The maximum atomic E-state index is 12.5. The Morgan fingerprint density at radius 3 is 2.52 bits per heavy atom. The van der Waals surface area contributed by atoms with Gasteiger partial charge in [0.15, 0.2) is 5.78 Å². The molecular formula is C54H74O8. The number of ether oxygens (including phenoxy) is 2. The number of hydrogen-bond acceptors (Lipinski definition) is 7. The highest BCUT2D eigenvalue weighted by Gasteiger charge is 2.66. The van der Waals surface area contributed by atoms with Gasteiger partial charge in [-0.05, 0) is 196 Å². The molecule has 0 heterocycles. The fourth-order valence-corrected chi connectivity index (χ4v) is 16.6. The minimum atomic E-state index is -1.00. The zero-order chi connectivity index (χ0) is 43.9. The summed E-state index contributed by atoms with van der Waals surface area (Å²) < 4.78 is 13.0. The number of aliphatic hydroxyl groups excluding tert-OH is 2. The molecule has 338 valence electrons. The van der Waals surface area contributed by atoms with Crippen molar-refractivity contribution in [3.05, 3.63) is 52.1 Å². The van der Waals surface area contributed by atoms with Crippen LogP contribution >= 0.6 is 0 Å². The van der Waals surface area contributed by atoms with E-state index >= 15 is 0 Å². The SMILES string of the molecule is CC#C[C@]1(O)CC[C@H]2[C@@H]3CCC4=CC(=O)CCC4=C3[C@@H](c3ccc(OCCO[C@H]4CC[C@@]5(C)C(C4)C[C@@H](O)[C@H]4[C@@H]6CC[C@H]([C@H](C)CCC(=O)O)[C@@]6(C)[C@@H](O)C[C@@H]45)c(C)c3)C[C@@]21C. The van der Waals surface area contributed by atoms with Crippen LogP contribution in [0.5, 0.6) is 5.75 Å². The third kappa shape index (κ3) is 7.08. The van der Waals surface area contributed by atoms with Gasteiger partial charge in [0.25, 0.3) is 0 Å². The van der Waals surface area contributed by atoms with E-state index in [2.05, 4.69) is 64.7 Å². The van der Waals surface area contributed by atoms with Crippen molar-refractivity contribution in [3.63, 3.8) is 0 Å². The van der Waals surface area contributed by atoms with Crippen molar-refractivity contribution in [1.82, 2.24) is 0 Å². The summed E-state index contributed by atoms with van der Waals surface area (Å²) in [6, 6.07) is 6.64. The molecule has 0 bridgehead atoms. The van der Waals surface area contributed by atoms with Crippen LogP contribution in [0.1, 0.15) is 154 Å².